The van der Waals surface area contributed by atoms with Crippen LogP contribution in [0.4, 0.5) is 0 Å². The standard InChI is InChI=1S/C11H17NO2/c1-11(4-5-12-10(11)8-13)7-9-3-2-6-14-9/h2-3,6,10,12-13H,4-5,7-8H2,1H3. The van der Waals surface area contributed by atoms with Crippen molar-refractivity contribution in [3.8, 4) is 0 Å². The molecular weight excluding hydrogens is 178 g/mol. The van der Waals surface area contributed by atoms with Crippen molar-refractivity contribution >= 4 is 0 Å². The van der Waals surface area contributed by atoms with E-state index >= 15 is 0 Å². The Labute approximate surface area is 84.1 Å². The van der Waals surface area contributed by atoms with Crippen LogP contribution in [0.3, 0.4) is 0 Å². The third-order valence-corrected chi connectivity index (χ3v) is 3.27. The molecule has 1 fully saturated rings. The predicted molar refractivity (Wildman–Crippen MR) is 54.0 cm³/mol. The SMILES string of the molecule is CC1(Cc2ccco2)CCNC1CO. The molecule has 0 bridgehead atoms. The Morgan fingerprint density at radius 1 is 1.71 bits per heavy atom. The summed E-state index contributed by atoms with van der Waals surface area (Å²) in [5, 5.41) is 12.6. The van der Waals surface area contributed by atoms with Gasteiger partial charge in [0.1, 0.15) is 5.76 Å². The van der Waals surface area contributed by atoms with Gasteiger partial charge in [0, 0.05) is 12.5 Å². The van der Waals surface area contributed by atoms with Gasteiger partial charge in [0.15, 0.2) is 0 Å². The van der Waals surface area contributed by atoms with E-state index in [4.69, 9.17) is 4.42 Å². The first-order valence-electron chi connectivity index (χ1n) is 5.11. The van der Waals surface area contributed by atoms with Crippen LogP contribution >= 0.6 is 0 Å². The molecule has 1 saturated heterocycles. The molecule has 1 aliphatic rings. The monoisotopic (exact) mass is 195 g/mol. The van der Waals surface area contributed by atoms with Crippen LogP contribution in [-0.4, -0.2) is 24.3 Å². The summed E-state index contributed by atoms with van der Waals surface area (Å²) in [5.41, 5.74) is 0.132. The molecule has 2 N–H and O–H groups in total. The molecule has 2 unspecified atom stereocenters. The summed E-state index contributed by atoms with van der Waals surface area (Å²) in [6, 6.07) is 4.11. The van der Waals surface area contributed by atoms with Gasteiger partial charge in [-0.25, -0.2) is 0 Å². The first kappa shape index (κ1) is 9.74. The van der Waals surface area contributed by atoms with Crippen molar-refractivity contribution in [3.05, 3.63) is 24.2 Å². The van der Waals surface area contributed by atoms with Gasteiger partial charge in [0.2, 0.25) is 0 Å². The van der Waals surface area contributed by atoms with E-state index in [2.05, 4.69) is 12.2 Å². The summed E-state index contributed by atoms with van der Waals surface area (Å²) in [5.74, 6) is 1.01. The molecule has 78 valence electrons. The van der Waals surface area contributed by atoms with E-state index in [-0.39, 0.29) is 18.1 Å². The Morgan fingerprint density at radius 2 is 2.57 bits per heavy atom. The third-order valence-electron chi connectivity index (χ3n) is 3.27. The van der Waals surface area contributed by atoms with E-state index in [0.29, 0.717) is 0 Å². The van der Waals surface area contributed by atoms with Gasteiger partial charge < -0.3 is 14.8 Å². The molecule has 0 spiro atoms. The maximum absolute atomic E-state index is 9.24. The Balaban J connectivity index is 2.08. The molecule has 1 aliphatic heterocycles. The summed E-state index contributed by atoms with van der Waals surface area (Å²) in [6.45, 7) is 3.40. The van der Waals surface area contributed by atoms with E-state index in [9.17, 15) is 5.11 Å². The minimum atomic E-state index is 0.132. The summed E-state index contributed by atoms with van der Waals surface area (Å²) >= 11 is 0. The molecule has 1 aromatic heterocycles. The molecule has 1 aromatic rings. The summed E-state index contributed by atoms with van der Waals surface area (Å²) in [4.78, 5) is 0. The number of rotatable bonds is 3. The average molecular weight is 195 g/mol. The van der Waals surface area contributed by atoms with Gasteiger partial charge >= 0.3 is 0 Å². The van der Waals surface area contributed by atoms with Crippen LogP contribution in [0, 0.1) is 5.41 Å². The second-order valence-electron chi connectivity index (χ2n) is 4.35. The number of aliphatic hydroxyl groups excluding tert-OH is 1. The second-order valence-corrected chi connectivity index (χ2v) is 4.35. The van der Waals surface area contributed by atoms with Gasteiger partial charge in [-0.1, -0.05) is 6.92 Å². The number of hydrogen-bond acceptors (Lipinski definition) is 3. The number of aliphatic hydroxyl groups is 1. The first-order chi connectivity index (χ1) is 6.74. The minimum absolute atomic E-state index is 0.132. The topological polar surface area (TPSA) is 45.4 Å². The highest BCUT2D eigenvalue weighted by Crippen LogP contribution is 2.34. The van der Waals surface area contributed by atoms with Crippen LogP contribution in [0.15, 0.2) is 22.8 Å². The van der Waals surface area contributed by atoms with E-state index in [0.717, 1.165) is 25.1 Å². The molecular formula is C11H17NO2. The molecule has 0 amide bonds. The summed E-state index contributed by atoms with van der Waals surface area (Å²) < 4.78 is 5.34. The Kier molecular flexibility index (Phi) is 2.61. The van der Waals surface area contributed by atoms with E-state index in [1.54, 1.807) is 6.26 Å². The summed E-state index contributed by atoms with van der Waals surface area (Å²) in [6.07, 6.45) is 3.70. The molecule has 0 aromatic carbocycles. The van der Waals surface area contributed by atoms with Crippen LogP contribution < -0.4 is 5.32 Å². The Hall–Kier alpha value is -0.800. The fourth-order valence-corrected chi connectivity index (χ4v) is 2.26. The van der Waals surface area contributed by atoms with Crippen molar-refractivity contribution in [2.75, 3.05) is 13.2 Å². The van der Waals surface area contributed by atoms with Gasteiger partial charge in [-0.05, 0) is 30.5 Å². The van der Waals surface area contributed by atoms with E-state index in [1.165, 1.54) is 0 Å². The lowest BCUT2D eigenvalue weighted by Crippen LogP contribution is -2.39. The maximum atomic E-state index is 9.24. The zero-order valence-electron chi connectivity index (χ0n) is 8.49. The van der Waals surface area contributed by atoms with Crippen LogP contribution in [0.25, 0.3) is 0 Å². The second kappa shape index (κ2) is 3.75. The zero-order chi connectivity index (χ0) is 10.0. The van der Waals surface area contributed by atoms with Gasteiger partial charge in [-0.2, -0.15) is 0 Å². The van der Waals surface area contributed by atoms with Crippen molar-refractivity contribution in [3.63, 3.8) is 0 Å². The third kappa shape index (κ3) is 1.70. The van der Waals surface area contributed by atoms with E-state index < -0.39 is 0 Å². The predicted octanol–water partition coefficient (Wildman–Crippen LogP) is 1.18. The smallest absolute Gasteiger partial charge is 0.104 e. The molecule has 3 heteroatoms. The van der Waals surface area contributed by atoms with Crippen molar-refractivity contribution in [1.82, 2.24) is 5.32 Å². The van der Waals surface area contributed by atoms with Crippen LogP contribution in [0.2, 0.25) is 0 Å². The molecule has 2 atom stereocenters. The normalized spacial score (nSPS) is 32.3. The van der Waals surface area contributed by atoms with Crippen molar-refractivity contribution in [2.45, 2.75) is 25.8 Å². The van der Waals surface area contributed by atoms with Crippen LogP contribution in [-0.2, 0) is 6.42 Å². The Bertz CT molecular complexity index is 283. The van der Waals surface area contributed by atoms with E-state index in [1.807, 2.05) is 12.1 Å². The fraction of sp³-hybridized carbons (Fsp3) is 0.636. The minimum Gasteiger partial charge on any atom is -0.469 e. The molecule has 0 aliphatic carbocycles. The fourth-order valence-electron chi connectivity index (χ4n) is 2.26. The quantitative estimate of drug-likeness (QED) is 0.761. The van der Waals surface area contributed by atoms with Gasteiger partial charge in [0.25, 0.3) is 0 Å². The molecule has 2 rings (SSSR count). The molecule has 3 nitrogen and oxygen atoms in total. The van der Waals surface area contributed by atoms with Crippen molar-refractivity contribution in [2.24, 2.45) is 5.41 Å². The maximum Gasteiger partial charge on any atom is 0.104 e. The lowest BCUT2D eigenvalue weighted by Gasteiger charge is -2.28. The summed E-state index contributed by atoms with van der Waals surface area (Å²) in [7, 11) is 0. The van der Waals surface area contributed by atoms with Gasteiger partial charge in [0.05, 0.1) is 12.9 Å². The number of nitrogens with one attached hydrogen (secondary N) is 1. The largest absolute Gasteiger partial charge is 0.469 e. The van der Waals surface area contributed by atoms with Crippen molar-refractivity contribution in [1.29, 1.82) is 0 Å². The highest BCUT2D eigenvalue weighted by Gasteiger charge is 2.38. The lowest BCUT2D eigenvalue weighted by atomic mass is 9.79. The van der Waals surface area contributed by atoms with Gasteiger partial charge in [-0.15, -0.1) is 0 Å². The molecule has 2 heterocycles. The molecule has 0 radical (unpaired) electrons. The molecule has 14 heavy (non-hydrogen) atoms. The number of hydrogen-bond donors (Lipinski definition) is 2. The average Bonchev–Trinajstić information content (AvgIpc) is 2.75. The van der Waals surface area contributed by atoms with Crippen LogP contribution in [0.5, 0.6) is 0 Å². The highest BCUT2D eigenvalue weighted by atomic mass is 16.3. The first-order valence-corrected chi connectivity index (χ1v) is 5.11. The Morgan fingerprint density at radius 3 is 3.21 bits per heavy atom. The molecule has 0 saturated carbocycles. The highest BCUT2D eigenvalue weighted by molar-refractivity contribution is 5.06. The van der Waals surface area contributed by atoms with Crippen molar-refractivity contribution < 1.29 is 9.52 Å². The van der Waals surface area contributed by atoms with Gasteiger partial charge in [-0.3, -0.25) is 0 Å². The zero-order valence-corrected chi connectivity index (χ0v) is 8.49. The number of furan rings is 1. The lowest BCUT2D eigenvalue weighted by molar-refractivity contribution is 0.165. The van der Waals surface area contributed by atoms with Crippen LogP contribution in [0.1, 0.15) is 19.1 Å².